The molecule has 3 aromatic rings. The fourth-order valence-corrected chi connectivity index (χ4v) is 3.64. The normalized spacial score (nSPS) is 14.4. The molecule has 0 atom stereocenters. The topological polar surface area (TPSA) is 80.2 Å². The highest BCUT2D eigenvalue weighted by Crippen LogP contribution is 2.26. The number of benzene rings is 1. The van der Waals surface area contributed by atoms with Crippen LogP contribution in [-0.4, -0.2) is 41.1 Å². The first kappa shape index (κ1) is 19.8. The smallest absolute Gasteiger partial charge is 0.223 e. The van der Waals surface area contributed by atoms with Crippen molar-refractivity contribution in [3.05, 3.63) is 66.7 Å². The van der Waals surface area contributed by atoms with Crippen molar-refractivity contribution < 1.29 is 9.53 Å². The van der Waals surface area contributed by atoms with Crippen LogP contribution in [0.25, 0.3) is 11.3 Å². The molecule has 1 saturated heterocycles. The van der Waals surface area contributed by atoms with Gasteiger partial charge in [-0.15, -0.1) is 0 Å². The lowest BCUT2D eigenvalue weighted by Gasteiger charge is -2.32. The van der Waals surface area contributed by atoms with Crippen molar-refractivity contribution in [2.24, 2.45) is 5.92 Å². The number of nitrogens with zero attached hydrogens (tertiary/aromatic N) is 4. The standard InChI is InChI=1S/C23H25N5O2/c1-30-20-7-5-17(6-8-20)21-14-22(27-16-26-21)28-12-9-18(10-13-28)23(29)25-15-19-4-2-3-11-24-19/h2-8,11,14,16,18H,9-10,12-13,15H2,1H3,(H,25,29). The molecule has 0 unspecified atom stereocenters. The molecule has 1 N–H and O–H groups in total. The van der Waals surface area contributed by atoms with E-state index in [1.54, 1.807) is 19.6 Å². The zero-order valence-corrected chi connectivity index (χ0v) is 17.0. The maximum atomic E-state index is 12.5. The molecule has 7 nitrogen and oxygen atoms in total. The van der Waals surface area contributed by atoms with E-state index in [1.165, 1.54) is 0 Å². The SMILES string of the molecule is COc1ccc(-c2cc(N3CCC(C(=O)NCc4ccccn4)CC3)ncn2)cc1. The van der Waals surface area contributed by atoms with Gasteiger partial charge < -0.3 is 15.0 Å². The summed E-state index contributed by atoms with van der Waals surface area (Å²) < 4.78 is 5.22. The Kier molecular flexibility index (Phi) is 6.17. The lowest BCUT2D eigenvalue weighted by Crippen LogP contribution is -2.40. The Bertz CT molecular complexity index is 970. The van der Waals surface area contributed by atoms with Crippen LogP contribution in [0.1, 0.15) is 18.5 Å². The number of carbonyl (C=O) groups excluding carboxylic acids is 1. The molecular formula is C23H25N5O2. The van der Waals surface area contributed by atoms with Crippen molar-refractivity contribution in [1.82, 2.24) is 20.3 Å². The zero-order valence-electron chi connectivity index (χ0n) is 17.0. The van der Waals surface area contributed by atoms with Crippen molar-refractivity contribution >= 4 is 11.7 Å². The van der Waals surface area contributed by atoms with Gasteiger partial charge in [0.1, 0.15) is 17.9 Å². The molecule has 0 aliphatic carbocycles. The summed E-state index contributed by atoms with van der Waals surface area (Å²) in [5, 5.41) is 3.01. The predicted molar refractivity (Wildman–Crippen MR) is 115 cm³/mol. The number of hydrogen-bond donors (Lipinski definition) is 1. The monoisotopic (exact) mass is 403 g/mol. The highest BCUT2D eigenvalue weighted by atomic mass is 16.5. The highest BCUT2D eigenvalue weighted by molar-refractivity contribution is 5.79. The van der Waals surface area contributed by atoms with Crippen LogP contribution in [0.2, 0.25) is 0 Å². The third kappa shape index (κ3) is 4.74. The highest BCUT2D eigenvalue weighted by Gasteiger charge is 2.25. The van der Waals surface area contributed by atoms with Gasteiger partial charge in [-0.1, -0.05) is 6.07 Å². The van der Waals surface area contributed by atoms with E-state index in [-0.39, 0.29) is 11.8 Å². The van der Waals surface area contributed by atoms with Crippen LogP contribution >= 0.6 is 0 Å². The number of carbonyl (C=O) groups is 1. The maximum Gasteiger partial charge on any atom is 0.223 e. The van der Waals surface area contributed by atoms with E-state index in [9.17, 15) is 4.79 Å². The van der Waals surface area contributed by atoms with E-state index in [4.69, 9.17) is 4.74 Å². The van der Waals surface area contributed by atoms with Crippen molar-refractivity contribution in [2.45, 2.75) is 19.4 Å². The summed E-state index contributed by atoms with van der Waals surface area (Å²) in [4.78, 5) is 27.8. The molecule has 4 rings (SSSR count). The van der Waals surface area contributed by atoms with Gasteiger partial charge in [-0.3, -0.25) is 9.78 Å². The average molecular weight is 403 g/mol. The van der Waals surface area contributed by atoms with Crippen LogP contribution in [0.3, 0.4) is 0 Å². The molecule has 0 spiro atoms. The molecule has 1 amide bonds. The van der Waals surface area contributed by atoms with E-state index in [0.29, 0.717) is 6.54 Å². The third-order valence-electron chi connectivity index (χ3n) is 5.40. The minimum absolute atomic E-state index is 0.0212. The van der Waals surface area contributed by atoms with Crippen LogP contribution in [0.15, 0.2) is 61.1 Å². The molecule has 1 aromatic carbocycles. The number of methoxy groups -OCH3 is 1. The van der Waals surface area contributed by atoms with E-state index < -0.39 is 0 Å². The number of anilines is 1. The Labute approximate surface area is 176 Å². The summed E-state index contributed by atoms with van der Waals surface area (Å²) >= 11 is 0. The first-order valence-corrected chi connectivity index (χ1v) is 10.1. The number of nitrogens with one attached hydrogen (secondary N) is 1. The van der Waals surface area contributed by atoms with Gasteiger partial charge in [0.2, 0.25) is 5.91 Å². The van der Waals surface area contributed by atoms with Crippen molar-refractivity contribution in [2.75, 3.05) is 25.1 Å². The van der Waals surface area contributed by atoms with E-state index >= 15 is 0 Å². The molecule has 1 aliphatic heterocycles. The van der Waals surface area contributed by atoms with Crippen molar-refractivity contribution in [3.8, 4) is 17.0 Å². The van der Waals surface area contributed by atoms with Gasteiger partial charge in [0, 0.05) is 36.8 Å². The first-order valence-electron chi connectivity index (χ1n) is 10.1. The number of aromatic nitrogens is 3. The second-order valence-corrected chi connectivity index (χ2v) is 7.29. The Hall–Kier alpha value is -3.48. The number of piperidine rings is 1. The largest absolute Gasteiger partial charge is 0.497 e. The molecule has 30 heavy (non-hydrogen) atoms. The van der Waals surface area contributed by atoms with Gasteiger partial charge in [-0.2, -0.15) is 0 Å². The number of amides is 1. The average Bonchev–Trinajstić information content (AvgIpc) is 2.83. The molecule has 0 radical (unpaired) electrons. The Morgan fingerprint density at radius 1 is 1.10 bits per heavy atom. The van der Waals surface area contributed by atoms with Gasteiger partial charge in [0.25, 0.3) is 0 Å². The van der Waals surface area contributed by atoms with E-state index in [0.717, 1.165) is 54.4 Å². The minimum Gasteiger partial charge on any atom is -0.497 e. The van der Waals surface area contributed by atoms with Crippen LogP contribution < -0.4 is 15.0 Å². The summed E-state index contributed by atoms with van der Waals surface area (Å²) in [5.74, 6) is 1.83. The quantitative estimate of drug-likeness (QED) is 0.681. The maximum absolute atomic E-state index is 12.5. The van der Waals surface area contributed by atoms with E-state index in [2.05, 4.69) is 25.2 Å². The van der Waals surface area contributed by atoms with Crippen LogP contribution in [0.4, 0.5) is 5.82 Å². The summed E-state index contributed by atoms with van der Waals surface area (Å²) in [6, 6.07) is 15.5. The van der Waals surface area contributed by atoms with Gasteiger partial charge in [0.15, 0.2) is 0 Å². The van der Waals surface area contributed by atoms with Crippen LogP contribution in [0.5, 0.6) is 5.75 Å². The predicted octanol–water partition coefficient (Wildman–Crippen LogP) is 3.08. The fraction of sp³-hybridized carbons (Fsp3) is 0.304. The molecule has 1 fully saturated rings. The van der Waals surface area contributed by atoms with Gasteiger partial charge in [-0.05, 0) is 49.2 Å². The first-order chi connectivity index (χ1) is 14.7. The second kappa shape index (κ2) is 9.35. The Morgan fingerprint density at radius 2 is 1.90 bits per heavy atom. The zero-order chi connectivity index (χ0) is 20.8. The Balaban J connectivity index is 1.34. The molecule has 2 aromatic heterocycles. The van der Waals surface area contributed by atoms with E-state index in [1.807, 2.05) is 48.5 Å². The number of ether oxygens (including phenoxy) is 1. The van der Waals surface area contributed by atoms with Crippen LogP contribution in [-0.2, 0) is 11.3 Å². The van der Waals surface area contributed by atoms with Crippen LogP contribution in [0, 0.1) is 5.92 Å². The van der Waals surface area contributed by atoms with Crippen molar-refractivity contribution in [1.29, 1.82) is 0 Å². The summed E-state index contributed by atoms with van der Waals surface area (Å²) in [7, 11) is 1.65. The minimum atomic E-state index is 0.0212. The Morgan fingerprint density at radius 3 is 2.60 bits per heavy atom. The molecule has 7 heteroatoms. The second-order valence-electron chi connectivity index (χ2n) is 7.29. The number of hydrogen-bond acceptors (Lipinski definition) is 6. The summed E-state index contributed by atoms with van der Waals surface area (Å²) in [6.07, 6.45) is 4.94. The molecule has 0 saturated carbocycles. The summed E-state index contributed by atoms with van der Waals surface area (Å²) in [6.45, 7) is 2.05. The molecule has 0 bridgehead atoms. The molecule has 3 heterocycles. The van der Waals surface area contributed by atoms with Gasteiger partial charge >= 0.3 is 0 Å². The number of pyridine rings is 1. The fourth-order valence-electron chi connectivity index (χ4n) is 3.64. The third-order valence-corrected chi connectivity index (χ3v) is 5.40. The lowest BCUT2D eigenvalue weighted by molar-refractivity contribution is -0.125. The number of rotatable bonds is 6. The molecular weight excluding hydrogens is 378 g/mol. The summed E-state index contributed by atoms with van der Waals surface area (Å²) in [5.41, 5.74) is 2.76. The lowest BCUT2D eigenvalue weighted by atomic mass is 9.96. The van der Waals surface area contributed by atoms with Gasteiger partial charge in [0.05, 0.1) is 25.0 Å². The van der Waals surface area contributed by atoms with Gasteiger partial charge in [-0.25, -0.2) is 9.97 Å². The molecule has 154 valence electrons. The molecule has 1 aliphatic rings. The van der Waals surface area contributed by atoms with Crippen molar-refractivity contribution in [3.63, 3.8) is 0 Å².